The third kappa shape index (κ3) is 9.00. The van der Waals surface area contributed by atoms with Gasteiger partial charge < -0.3 is 26.4 Å². The summed E-state index contributed by atoms with van der Waals surface area (Å²) in [5.74, 6) is 0.857. The minimum atomic E-state index is -0.963. The predicted octanol–water partition coefficient (Wildman–Crippen LogP) is 5.79. The van der Waals surface area contributed by atoms with E-state index in [1.165, 1.54) is 10.4 Å². The largest absolute Gasteiger partial charge is 0.478 e. The van der Waals surface area contributed by atoms with Crippen LogP contribution in [0.1, 0.15) is 64.9 Å². The number of benzene rings is 2. The maximum absolute atomic E-state index is 12.8. The second-order valence-corrected chi connectivity index (χ2v) is 12.2. The van der Waals surface area contributed by atoms with Crippen molar-refractivity contribution in [3.05, 3.63) is 93.7 Å². The number of carbonyl (C=O) groups excluding carboxylic acids is 1. The summed E-state index contributed by atoms with van der Waals surface area (Å²) in [6.45, 7) is 3.95. The number of hydrogen-bond donors (Lipinski definition) is 5. The Balaban J connectivity index is 1.15. The molecule has 0 unspecified atom stereocenters. The first-order chi connectivity index (χ1) is 21.4. The molecule has 1 amide bonds. The van der Waals surface area contributed by atoms with Crippen molar-refractivity contribution in [1.82, 2.24) is 20.3 Å². The molecule has 4 aromatic rings. The lowest BCUT2D eigenvalue weighted by atomic mass is 9.85. The Morgan fingerprint density at radius 1 is 0.886 bits per heavy atom. The Hall–Kier alpha value is -4.51. The molecule has 0 aliphatic heterocycles. The van der Waals surface area contributed by atoms with Crippen LogP contribution < -0.4 is 21.3 Å². The summed E-state index contributed by atoms with van der Waals surface area (Å²) in [7, 11) is 0. The number of carboxylic acid groups (broad SMARTS) is 1. The fourth-order valence-corrected chi connectivity index (χ4v) is 5.98. The molecule has 2 heterocycles. The molecule has 0 bridgehead atoms. The second kappa shape index (κ2) is 15.3. The van der Waals surface area contributed by atoms with Gasteiger partial charge in [-0.3, -0.25) is 4.79 Å². The Morgan fingerprint density at radius 3 is 2.27 bits per heavy atom. The maximum Gasteiger partial charge on any atom is 0.335 e. The number of aromatic nitrogens is 3. The predicted molar refractivity (Wildman–Crippen MR) is 174 cm³/mol. The van der Waals surface area contributed by atoms with Crippen molar-refractivity contribution in [3.63, 3.8) is 0 Å². The van der Waals surface area contributed by atoms with Crippen LogP contribution in [0.3, 0.4) is 0 Å². The zero-order valence-electron chi connectivity index (χ0n) is 24.8. The van der Waals surface area contributed by atoms with Crippen molar-refractivity contribution in [2.45, 2.75) is 57.5 Å². The fraction of sp³-hybridized carbons (Fsp3) is 0.364. The minimum Gasteiger partial charge on any atom is -0.478 e. The molecular formula is C33H39N7O3S. The van der Waals surface area contributed by atoms with Crippen molar-refractivity contribution in [2.75, 3.05) is 29.0 Å². The van der Waals surface area contributed by atoms with E-state index in [0.717, 1.165) is 37.7 Å². The zero-order chi connectivity index (χ0) is 30.7. The number of carbonyl (C=O) groups is 2. The van der Waals surface area contributed by atoms with Crippen molar-refractivity contribution < 1.29 is 14.7 Å². The van der Waals surface area contributed by atoms with Gasteiger partial charge in [0.05, 0.1) is 5.56 Å². The Kier molecular flexibility index (Phi) is 10.7. The summed E-state index contributed by atoms with van der Waals surface area (Å²) in [4.78, 5) is 39.2. The van der Waals surface area contributed by atoms with Crippen LogP contribution in [0.25, 0.3) is 0 Å². The molecular weight excluding hydrogens is 574 g/mol. The summed E-state index contributed by atoms with van der Waals surface area (Å²) >= 11 is 1.74. The highest BCUT2D eigenvalue weighted by molar-refractivity contribution is 7.09. The average Bonchev–Trinajstić information content (AvgIpc) is 3.57. The molecule has 1 fully saturated rings. The SMILES string of the molecule is C[C@@H](CNc1nc(NCCc2cccs2)nc(NC2CCC(C(=O)NCc3ccc(C(=O)O)cc3)CC2)n1)c1ccccc1. The van der Waals surface area contributed by atoms with E-state index < -0.39 is 5.97 Å². The first-order valence-electron chi connectivity index (χ1n) is 15.1. The molecule has 2 aromatic carbocycles. The minimum absolute atomic E-state index is 0.0298. The van der Waals surface area contributed by atoms with E-state index in [1.807, 2.05) is 18.2 Å². The average molecular weight is 614 g/mol. The molecule has 0 radical (unpaired) electrons. The number of rotatable bonds is 14. The van der Waals surface area contributed by atoms with Gasteiger partial charge in [-0.05, 0) is 72.7 Å². The summed E-state index contributed by atoms with van der Waals surface area (Å²) in [5.41, 5.74) is 2.35. The highest BCUT2D eigenvalue weighted by Crippen LogP contribution is 2.27. The second-order valence-electron chi connectivity index (χ2n) is 11.2. The molecule has 11 heteroatoms. The highest BCUT2D eigenvalue weighted by Gasteiger charge is 2.27. The maximum atomic E-state index is 12.8. The highest BCUT2D eigenvalue weighted by atomic mass is 32.1. The van der Waals surface area contributed by atoms with Crippen molar-refractivity contribution in [2.24, 2.45) is 5.92 Å². The molecule has 44 heavy (non-hydrogen) atoms. The van der Waals surface area contributed by atoms with Gasteiger partial charge in [0.1, 0.15) is 0 Å². The Labute approximate surface area is 261 Å². The number of anilines is 3. The van der Waals surface area contributed by atoms with E-state index in [0.29, 0.717) is 37.5 Å². The number of amides is 1. The number of thiophene rings is 1. The van der Waals surface area contributed by atoms with Crippen LogP contribution in [0.5, 0.6) is 0 Å². The summed E-state index contributed by atoms with van der Waals surface area (Å²) in [6.07, 6.45) is 4.06. The standard InChI is InChI=1S/C33H39N7O3S/c1-22(24-6-3-2-4-7-24)20-36-32-38-31(34-18-17-28-8-5-19-44-28)39-33(40-32)37-27-15-13-25(14-16-27)29(41)35-21-23-9-11-26(12-10-23)30(42)43/h2-12,19,22,25,27H,13-18,20-21H2,1H3,(H,35,41)(H,42,43)(H3,34,36,37,38,39,40)/t22-,25?,27?/m0/s1. The van der Waals surface area contributed by atoms with Crippen LogP contribution in [-0.4, -0.2) is 51.1 Å². The van der Waals surface area contributed by atoms with Gasteiger partial charge in [-0.2, -0.15) is 15.0 Å². The molecule has 0 saturated heterocycles. The van der Waals surface area contributed by atoms with Crippen molar-refractivity contribution in [3.8, 4) is 0 Å². The van der Waals surface area contributed by atoms with E-state index in [1.54, 1.807) is 35.6 Å². The van der Waals surface area contributed by atoms with E-state index in [-0.39, 0.29) is 29.3 Å². The number of carboxylic acids is 1. The normalized spacial score (nSPS) is 16.9. The van der Waals surface area contributed by atoms with E-state index >= 15 is 0 Å². The van der Waals surface area contributed by atoms with Crippen LogP contribution in [-0.2, 0) is 17.8 Å². The van der Waals surface area contributed by atoms with Gasteiger partial charge in [-0.15, -0.1) is 11.3 Å². The lowest BCUT2D eigenvalue weighted by Gasteiger charge is -2.28. The summed E-state index contributed by atoms with van der Waals surface area (Å²) in [5, 5.41) is 24.4. The monoisotopic (exact) mass is 613 g/mol. The molecule has 0 spiro atoms. The smallest absolute Gasteiger partial charge is 0.335 e. The number of nitrogens with one attached hydrogen (secondary N) is 4. The van der Waals surface area contributed by atoms with Gasteiger partial charge in [0.15, 0.2) is 0 Å². The van der Waals surface area contributed by atoms with E-state index in [9.17, 15) is 9.59 Å². The van der Waals surface area contributed by atoms with Gasteiger partial charge in [-0.1, -0.05) is 55.5 Å². The summed E-state index contributed by atoms with van der Waals surface area (Å²) < 4.78 is 0. The lowest BCUT2D eigenvalue weighted by Crippen LogP contribution is -2.36. The van der Waals surface area contributed by atoms with Gasteiger partial charge in [0.25, 0.3) is 0 Å². The molecule has 2 aromatic heterocycles. The van der Waals surface area contributed by atoms with Gasteiger partial charge in [0.2, 0.25) is 23.8 Å². The molecule has 230 valence electrons. The molecule has 1 aliphatic carbocycles. The van der Waals surface area contributed by atoms with Crippen molar-refractivity contribution in [1.29, 1.82) is 0 Å². The molecule has 1 aliphatic rings. The lowest BCUT2D eigenvalue weighted by molar-refractivity contribution is -0.126. The third-order valence-electron chi connectivity index (χ3n) is 7.90. The summed E-state index contributed by atoms with van der Waals surface area (Å²) in [6, 6.07) is 21.3. The number of nitrogens with zero attached hydrogens (tertiary/aromatic N) is 3. The quantitative estimate of drug-likeness (QED) is 0.120. The van der Waals surface area contributed by atoms with Gasteiger partial charge >= 0.3 is 5.97 Å². The molecule has 10 nitrogen and oxygen atoms in total. The van der Waals surface area contributed by atoms with Crippen LogP contribution in [0.4, 0.5) is 17.8 Å². The van der Waals surface area contributed by atoms with Crippen molar-refractivity contribution >= 4 is 41.1 Å². The Bertz CT molecular complexity index is 1490. The van der Waals surface area contributed by atoms with Crippen LogP contribution in [0.2, 0.25) is 0 Å². The topological polar surface area (TPSA) is 141 Å². The van der Waals surface area contributed by atoms with E-state index in [2.05, 4.69) is 72.8 Å². The van der Waals surface area contributed by atoms with Crippen LogP contribution >= 0.6 is 11.3 Å². The molecule has 5 rings (SSSR count). The number of hydrogen-bond acceptors (Lipinski definition) is 9. The Morgan fingerprint density at radius 2 is 1.59 bits per heavy atom. The first kappa shape index (κ1) is 30.9. The van der Waals surface area contributed by atoms with E-state index in [4.69, 9.17) is 5.11 Å². The molecule has 5 N–H and O–H groups in total. The van der Waals surface area contributed by atoms with Gasteiger partial charge in [0, 0.05) is 36.5 Å². The zero-order valence-corrected chi connectivity index (χ0v) is 25.6. The number of aromatic carboxylic acids is 1. The van der Waals surface area contributed by atoms with Crippen LogP contribution in [0, 0.1) is 5.92 Å². The molecule has 1 saturated carbocycles. The fourth-order valence-electron chi connectivity index (χ4n) is 5.28. The molecule has 1 atom stereocenters. The van der Waals surface area contributed by atoms with Gasteiger partial charge in [-0.25, -0.2) is 4.79 Å². The third-order valence-corrected chi connectivity index (χ3v) is 8.84. The first-order valence-corrected chi connectivity index (χ1v) is 16.0. The van der Waals surface area contributed by atoms with Crippen LogP contribution in [0.15, 0.2) is 72.1 Å².